The molecule has 0 spiro atoms. The average Bonchev–Trinajstić information content (AvgIpc) is 2.73. The molecule has 0 aromatic heterocycles. The Bertz CT molecular complexity index is 594. The molecule has 2 fully saturated rings. The lowest BCUT2D eigenvalue weighted by Crippen LogP contribution is -2.26. The quantitative estimate of drug-likeness (QED) is 0.360. The van der Waals surface area contributed by atoms with E-state index >= 15 is 0 Å². The molecule has 0 N–H and O–H groups in total. The number of alkyl halides is 3. The number of halogens is 3. The monoisotopic (exact) mass is 424 g/mol. The molecule has 0 radical (unpaired) electrons. The highest BCUT2D eigenvalue weighted by molar-refractivity contribution is 5.27. The molecule has 2 aliphatic carbocycles. The number of hydrogen-bond donors (Lipinski definition) is 0. The van der Waals surface area contributed by atoms with Crippen LogP contribution in [0.25, 0.3) is 0 Å². The molecule has 2 aliphatic rings. The van der Waals surface area contributed by atoms with Gasteiger partial charge in [-0.25, -0.2) is 0 Å². The first-order valence-corrected chi connectivity index (χ1v) is 12.3. The Morgan fingerprint density at radius 2 is 1.30 bits per heavy atom. The average molecular weight is 425 g/mol. The molecule has 0 heterocycles. The molecule has 1 nitrogen and oxygen atoms in total. The lowest BCUT2D eigenvalue weighted by atomic mass is 9.68. The predicted octanol–water partition coefficient (Wildman–Crippen LogP) is 8.71. The van der Waals surface area contributed by atoms with Crippen molar-refractivity contribution in [3.63, 3.8) is 0 Å². The summed E-state index contributed by atoms with van der Waals surface area (Å²) in [5.41, 5.74) is 1.10. The first-order valence-electron chi connectivity index (χ1n) is 12.3. The number of unbranched alkanes of at least 4 members (excludes halogenated alkanes) is 2. The Kier molecular flexibility index (Phi) is 8.95. The molecule has 0 aliphatic heterocycles. The molecule has 0 saturated heterocycles. The van der Waals surface area contributed by atoms with Gasteiger partial charge in [-0.2, -0.15) is 0 Å². The Morgan fingerprint density at radius 1 is 0.767 bits per heavy atom. The second kappa shape index (κ2) is 11.4. The van der Waals surface area contributed by atoms with E-state index < -0.39 is 6.36 Å². The minimum Gasteiger partial charge on any atom is -0.406 e. The zero-order valence-corrected chi connectivity index (χ0v) is 18.6. The molecule has 0 atom stereocenters. The van der Waals surface area contributed by atoms with Crippen molar-refractivity contribution in [1.82, 2.24) is 0 Å². The number of rotatable bonds is 9. The Balaban J connectivity index is 1.32. The summed E-state index contributed by atoms with van der Waals surface area (Å²) in [5.74, 6) is 3.55. The lowest BCUT2D eigenvalue weighted by molar-refractivity contribution is -0.274. The topological polar surface area (TPSA) is 9.23 Å². The molecule has 0 amide bonds. The molecule has 30 heavy (non-hydrogen) atoms. The Labute approximate surface area is 180 Å². The minimum absolute atomic E-state index is 0.133. The van der Waals surface area contributed by atoms with E-state index in [0.717, 1.165) is 42.1 Å². The molecule has 4 heteroatoms. The van der Waals surface area contributed by atoms with E-state index in [1.54, 1.807) is 12.1 Å². The molecule has 1 aromatic rings. The molecular weight excluding hydrogens is 385 g/mol. The molecule has 3 rings (SSSR count). The van der Waals surface area contributed by atoms with Gasteiger partial charge in [0.25, 0.3) is 0 Å². The van der Waals surface area contributed by atoms with Crippen LogP contribution in [0.4, 0.5) is 13.2 Å². The van der Waals surface area contributed by atoms with Crippen molar-refractivity contribution in [2.24, 2.45) is 23.7 Å². The fraction of sp³-hybridized carbons (Fsp3) is 0.769. The van der Waals surface area contributed by atoms with Gasteiger partial charge in [0.05, 0.1) is 0 Å². The van der Waals surface area contributed by atoms with Crippen LogP contribution in [0.1, 0.15) is 96.0 Å². The van der Waals surface area contributed by atoms with E-state index in [1.807, 2.05) is 0 Å². The molecule has 170 valence electrons. The maximum Gasteiger partial charge on any atom is 0.573 e. The van der Waals surface area contributed by atoms with Gasteiger partial charge < -0.3 is 4.74 Å². The van der Waals surface area contributed by atoms with Gasteiger partial charge in [0, 0.05) is 0 Å². The zero-order chi connectivity index (χ0) is 21.4. The van der Waals surface area contributed by atoms with Crippen molar-refractivity contribution >= 4 is 0 Å². The number of benzene rings is 1. The largest absolute Gasteiger partial charge is 0.573 e. The highest BCUT2D eigenvalue weighted by Gasteiger charge is 2.31. The predicted molar refractivity (Wildman–Crippen MR) is 116 cm³/mol. The second-order valence-electron chi connectivity index (χ2n) is 9.79. The van der Waals surface area contributed by atoms with Gasteiger partial charge >= 0.3 is 6.36 Å². The maximum atomic E-state index is 12.3. The summed E-state index contributed by atoms with van der Waals surface area (Å²) in [6.45, 7) is 2.29. The fourth-order valence-corrected chi connectivity index (χ4v) is 5.81. The number of hydrogen-bond acceptors (Lipinski definition) is 1. The molecule has 2 saturated carbocycles. The standard InChI is InChI=1S/C26H39F3O/c1-2-3-4-5-20-8-14-23(15-9-20)24-16-10-21(11-17-24)6-7-22-12-18-25(19-13-22)30-26(27,28)29/h12-13,18-21,23-24H,2-11,14-17H2,1H3. The van der Waals surface area contributed by atoms with Gasteiger partial charge in [-0.1, -0.05) is 70.4 Å². The SMILES string of the molecule is CCCCCC1CCC(C2CCC(CCc3ccc(OC(F)(F)F)cc3)CC2)CC1. The van der Waals surface area contributed by atoms with Crippen LogP contribution in [-0.4, -0.2) is 6.36 Å². The third-order valence-electron chi connectivity index (χ3n) is 7.66. The Morgan fingerprint density at radius 3 is 1.80 bits per heavy atom. The van der Waals surface area contributed by atoms with Crippen molar-refractivity contribution in [1.29, 1.82) is 0 Å². The summed E-state index contributed by atoms with van der Waals surface area (Å²) in [7, 11) is 0. The van der Waals surface area contributed by atoms with Crippen LogP contribution in [0, 0.1) is 23.7 Å². The fourth-order valence-electron chi connectivity index (χ4n) is 5.81. The highest BCUT2D eigenvalue weighted by Crippen LogP contribution is 2.43. The van der Waals surface area contributed by atoms with Gasteiger partial charge in [-0.05, 0) is 79.9 Å². The van der Waals surface area contributed by atoms with Crippen molar-refractivity contribution in [2.45, 2.75) is 103 Å². The lowest BCUT2D eigenvalue weighted by Gasteiger charge is -2.38. The molecule has 0 unspecified atom stereocenters. The third-order valence-corrected chi connectivity index (χ3v) is 7.66. The van der Waals surface area contributed by atoms with E-state index in [2.05, 4.69) is 11.7 Å². The van der Waals surface area contributed by atoms with Gasteiger partial charge in [-0.3, -0.25) is 0 Å². The highest BCUT2D eigenvalue weighted by atomic mass is 19.4. The van der Waals surface area contributed by atoms with Crippen LogP contribution in [0.5, 0.6) is 5.75 Å². The minimum atomic E-state index is -4.62. The Hall–Kier alpha value is -1.19. The number of ether oxygens (including phenoxy) is 1. The molecule has 0 bridgehead atoms. The van der Waals surface area contributed by atoms with Crippen LogP contribution in [0.15, 0.2) is 24.3 Å². The third kappa shape index (κ3) is 7.81. The van der Waals surface area contributed by atoms with Gasteiger partial charge in [0.1, 0.15) is 5.75 Å². The second-order valence-corrected chi connectivity index (χ2v) is 9.79. The summed E-state index contributed by atoms with van der Waals surface area (Å²) >= 11 is 0. The summed E-state index contributed by atoms with van der Waals surface area (Å²) in [5, 5.41) is 0. The van der Waals surface area contributed by atoms with E-state index in [0.29, 0.717) is 0 Å². The van der Waals surface area contributed by atoms with Crippen molar-refractivity contribution in [3.8, 4) is 5.75 Å². The van der Waals surface area contributed by atoms with Crippen LogP contribution < -0.4 is 4.74 Å². The van der Waals surface area contributed by atoms with Crippen LogP contribution in [0.3, 0.4) is 0 Å². The first-order chi connectivity index (χ1) is 14.4. The van der Waals surface area contributed by atoms with Crippen molar-refractivity contribution < 1.29 is 17.9 Å². The van der Waals surface area contributed by atoms with Crippen LogP contribution >= 0.6 is 0 Å². The van der Waals surface area contributed by atoms with Crippen LogP contribution in [-0.2, 0) is 6.42 Å². The van der Waals surface area contributed by atoms with Crippen molar-refractivity contribution in [2.75, 3.05) is 0 Å². The maximum absolute atomic E-state index is 12.3. The van der Waals surface area contributed by atoms with Gasteiger partial charge in [-0.15, -0.1) is 13.2 Å². The summed E-state index contributed by atoms with van der Waals surface area (Å²) in [6.07, 6.45) is 14.4. The summed E-state index contributed by atoms with van der Waals surface area (Å²) in [6, 6.07) is 6.40. The smallest absolute Gasteiger partial charge is 0.406 e. The molecular formula is C26H39F3O. The van der Waals surface area contributed by atoms with Crippen molar-refractivity contribution in [3.05, 3.63) is 29.8 Å². The van der Waals surface area contributed by atoms with E-state index in [-0.39, 0.29) is 5.75 Å². The summed E-state index contributed by atoms with van der Waals surface area (Å²) in [4.78, 5) is 0. The van der Waals surface area contributed by atoms with E-state index in [1.165, 1.54) is 89.2 Å². The number of aryl methyl sites for hydroxylation is 1. The van der Waals surface area contributed by atoms with E-state index in [4.69, 9.17) is 0 Å². The molecule has 1 aromatic carbocycles. The van der Waals surface area contributed by atoms with Gasteiger partial charge in [0.2, 0.25) is 0 Å². The van der Waals surface area contributed by atoms with Crippen LogP contribution in [0.2, 0.25) is 0 Å². The van der Waals surface area contributed by atoms with Gasteiger partial charge in [0.15, 0.2) is 0 Å². The normalized spacial score (nSPS) is 27.7. The van der Waals surface area contributed by atoms with E-state index in [9.17, 15) is 13.2 Å². The zero-order valence-electron chi connectivity index (χ0n) is 18.6. The first kappa shape index (κ1) is 23.5. The summed E-state index contributed by atoms with van der Waals surface area (Å²) < 4.78 is 40.7.